The van der Waals surface area contributed by atoms with Gasteiger partial charge in [-0.1, -0.05) is 24.3 Å². The molecule has 2 aromatic rings. The van der Waals surface area contributed by atoms with Crippen molar-refractivity contribution in [2.45, 2.75) is 49.5 Å². The van der Waals surface area contributed by atoms with Crippen LogP contribution in [0, 0.1) is 0 Å². The van der Waals surface area contributed by atoms with Gasteiger partial charge in [-0.05, 0) is 49.8 Å². The Labute approximate surface area is 182 Å². The number of rotatable bonds is 3. The molecule has 4 aliphatic rings. The van der Waals surface area contributed by atoms with Crippen LogP contribution < -0.4 is 4.90 Å². The third kappa shape index (κ3) is 2.87. The number of carbonyl (C=O) groups is 2. The number of carbonyl (C=O) groups excluding carboxylic acids is 2. The number of pyridine rings is 1. The molecule has 1 spiro atoms. The highest BCUT2D eigenvalue weighted by molar-refractivity contribution is 5.96. The van der Waals surface area contributed by atoms with Gasteiger partial charge in [-0.3, -0.25) is 4.79 Å². The summed E-state index contributed by atoms with van der Waals surface area (Å²) in [5.74, 6) is 0.891. The van der Waals surface area contributed by atoms with Crippen molar-refractivity contribution in [3.05, 3.63) is 59.3 Å². The maximum atomic E-state index is 13.6. The molecular weight excluding hydrogens is 390 g/mol. The van der Waals surface area contributed by atoms with Gasteiger partial charge >= 0.3 is 5.97 Å². The lowest BCUT2D eigenvalue weighted by atomic mass is 9.91. The lowest BCUT2D eigenvalue weighted by Gasteiger charge is -2.29. The smallest absolute Gasteiger partial charge is 0.339 e. The van der Waals surface area contributed by atoms with Crippen molar-refractivity contribution in [3.63, 3.8) is 0 Å². The minimum atomic E-state index is -0.685. The van der Waals surface area contributed by atoms with Gasteiger partial charge in [0.25, 0.3) is 0 Å². The minimum absolute atomic E-state index is 0.150. The molecule has 0 N–H and O–H groups in total. The first-order valence-corrected chi connectivity index (χ1v) is 11.5. The third-order valence-corrected chi connectivity index (χ3v) is 7.58. The first-order valence-electron chi connectivity index (χ1n) is 11.5. The average Bonchev–Trinajstić information content (AvgIpc) is 3.46. The number of piperidine rings is 1. The molecule has 1 unspecified atom stereocenters. The largest absolute Gasteiger partial charge is 0.449 e. The van der Waals surface area contributed by atoms with Gasteiger partial charge in [0.05, 0.1) is 17.5 Å². The van der Waals surface area contributed by atoms with Gasteiger partial charge in [0, 0.05) is 37.8 Å². The normalized spacial score (nSPS) is 26.1. The Bertz CT molecular complexity index is 1040. The first kappa shape index (κ1) is 18.8. The molecule has 1 aromatic heterocycles. The van der Waals surface area contributed by atoms with Crippen LogP contribution in [0.5, 0.6) is 0 Å². The molecule has 1 aromatic carbocycles. The molecule has 6 rings (SSSR count). The molecule has 2 saturated heterocycles. The van der Waals surface area contributed by atoms with Crippen LogP contribution in [-0.4, -0.2) is 47.9 Å². The van der Waals surface area contributed by atoms with E-state index in [0.29, 0.717) is 25.1 Å². The third-order valence-electron chi connectivity index (χ3n) is 7.58. The van der Waals surface area contributed by atoms with E-state index in [-0.39, 0.29) is 11.9 Å². The molecule has 6 heteroatoms. The molecule has 1 amide bonds. The number of ether oxygens (including phenoxy) is 1. The van der Waals surface area contributed by atoms with Crippen LogP contribution in [0.1, 0.15) is 60.0 Å². The second-order valence-corrected chi connectivity index (χ2v) is 9.44. The van der Waals surface area contributed by atoms with E-state index >= 15 is 0 Å². The number of nitrogens with zero attached hydrogens (tertiary/aromatic N) is 3. The molecule has 0 bridgehead atoms. The van der Waals surface area contributed by atoms with Gasteiger partial charge < -0.3 is 14.5 Å². The molecule has 1 saturated carbocycles. The van der Waals surface area contributed by atoms with Crippen molar-refractivity contribution < 1.29 is 14.3 Å². The summed E-state index contributed by atoms with van der Waals surface area (Å²) in [7, 11) is 0. The summed E-state index contributed by atoms with van der Waals surface area (Å²) < 4.78 is 5.83. The van der Waals surface area contributed by atoms with Gasteiger partial charge in [-0.25, -0.2) is 9.78 Å². The Hall–Kier alpha value is -2.89. The van der Waals surface area contributed by atoms with E-state index in [2.05, 4.69) is 17.0 Å². The van der Waals surface area contributed by atoms with Crippen molar-refractivity contribution in [3.8, 4) is 0 Å². The van der Waals surface area contributed by atoms with E-state index in [1.54, 1.807) is 0 Å². The highest BCUT2D eigenvalue weighted by Crippen LogP contribution is 2.52. The predicted molar refractivity (Wildman–Crippen MR) is 116 cm³/mol. The molecule has 3 aliphatic heterocycles. The van der Waals surface area contributed by atoms with E-state index in [4.69, 9.17) is 9.72 Å². The van der Waals surface area contributed by atoms with Crippen molar-refractivity contribution >= 4 is 17.7 Å². The summed E-state index contributed by atoms with van der Waals surface area (Å²) in [4.78, 5) is 34.9. The van der Waals surface area contributed by atoms with Gasteiger partial charge in [0.2, 0.25) is 5.91 Å². The Balaban J connectivity index is 1.21. The SMILES string of the molecule is O=C1OC2(CCN(C(=O)C3(c4ccc(N5CCCCC5)nc4)CC3)C2)c2ccccc21. The first-order chi connectivity index (χ1) is 15.1. The number of likely N-dealkylation sites (tertiary alicyclic amines) is 1. The lowest BCUT2D eigenvalue weighted by Crippen LogP contribution is -2.40. The maximum absolute atomic E-state index is 13.6. The number of benzene rings is 1. The lowest BCUT2D eigenvalue weighted by molar-refractivity contribution is -0.134. The summed E-state index contributed by atoms with van der Waals surface area (Å²) >= 11 is 0. The quantitative estimate of drug-likeness (QED) is 0.717. The number of hydrogen-bond acceptors (Lipinski definition) is 5. The van der Waals surface area contributed by atoms with Crippen molar-refractivity contribution in [1.29, 1.82) is 0 Å². The number of anilines is 1. The molecule has 1 atom stereocenters. The van der Waals surface area contributed by atoms with Crippen LogP contribution in [-0.2, 0) is 20.5 Å². The number of esters is 1. The zero-order chi connectivity index (χ0) is 21.1. The number of aromatic nitrogens is 1. The number of hydrogen-bond donors (Lipinski definition) is 0. The average molecular weight is 418 g/mol. The zero-order valence-electron chi connectivity index (χ0n) is 17.7. The van der Waals surface area contributed by atoms with Crippen LogP contribution in [0.3, 0.4) is 0 Å². The number of fused-ring (bicyclic) bond motifs is 2. The van der Waals surface area contributed by atoms with Gasteiger partial charge in [0.15, 0.2) is 5.60 Å². The monoisotopic (exact) mass is 417 g/mol. The van der Waals surface area contributed by atoms with Gasteiger partial charge in [0.1, 0.15) is 5.82 Å². The van der Waals surface area contributed by atoms with Gasteiger partial charge in [-0.15, -0.1) is 0 Å². The molecule has 4 heterocycles. The molecule has 6 nitrogen and oxygen atoms in total. The summed E-state index contributed by atoms with van der Waals surface area (Å²) in [6.45, 7) is 3.18. The maximum Gasteiger partial charge on any atom is 0.339 e. The van der Waals surface area contributed by atoms with Crippen molar-refractivity contribution in [2.75, 3.05) is 31.1 Å². The molecular formula is C25H27N3O3. The van der Waals surface area contributed by atoms with E-state index < -0.39 is 11.0 Å². The summed E-state index contributed by atoms with van der Waals surface area (Å²) in [6.07, 6.45) is 8.01. The van der Waals surface area contributed by atoms with Crippen LogP contribution >= 0.6 is 0 Å². The molecule has 0 radical (unpaired) electrons. The fraction of sp³-hybridized carbons (Fsp3) is 0.480. The topological polar surface area (TPSA) is 62.7 Å². The highest BCUT2D eigenvalue weighted by Gasteiger charge is 2.57. The van der Waals surface area contributed by atoms with Crippen LogP contribution in [0.2, 0.25) is 0 Å². The minimum Gasteiger partial charge on any atom is -0.449 e. The fourth-order valence-corrected chi connectivity index (χ4v) is 5.64. The predicted octanol–water partition coefficient (Wildman–Crippen LogP) is 3.40. The van der Waals surface area contributed by atoms with E-state index in [9.17, 15) is 9.59 Å². The van der Waals surface area contributed by atoms with Crippen molar-refractivity contribution in [2.24, 2.45) is 0 Å². The molecule has 31 heavy (non-hydrogen) atoms. The van der Waals surface area contributed by atoms with Crippen LogP contribution in [0.25, 0.3) is 0 Å². The Morgan fingerprint density at radius 2 is 1.77 bits per heavy atom. The molecule has 3 fully saturated rings. The summed E-state index contributed by atoms with van der Waals surface area (Å²) in [5, 5.41) is 0. The second kappa shape index (κ2) is 6.81. The zero-order valence-corrected chi connectivity index (χ0v) is 17.7. The van der Waals surface area contributed by atoms with Crippen molar-refractivity contribution in [1.82, 2.24) is 9.88 Å². The summed E-state index contributed by atoms with van der Waals surface area (Å²) in [6, 6.07) is 11.7. The Kier molecular flexibility index (Phi) is 4.14. The molecule has 1 aliphatic carbocycles. The molecule has 160 valence electrons. The number of amides is 1. The summed E-state index contributed by atoms with van der Waals surface area (Å²) in [5.41, 5.74) is 1.43. The Morgan fingerprint density at radius 3 is 2.52 bits per heavy atom. The van der Waals surface area contributed by atoms with E-state index in [0.717, 1.165) is 42.9 Å². The Morgan fingerprint density at radius 1 is 0.968 bits per heavy atom. The van der Waals surface area contributed by atoms with E-state index in [1.807, 2.05) is 35.4 Å². The van der Waals surface area contributed by atoms with Crippen LogP contribution in [0.4, 0.5) is 5.82 Å². The van der Waals surface area contributed by atoms with Crippen LogP contribution in [0.15, 0.2) is 42.6 Å². The highest BCUT2D eigenvalue weighted by atomic mass is 16.6. The standard InChI is InChI=1S/C25H27N3O3/c29-22-19-6-2-3-7-20(19)25(31-22)12-15-28(17-25)23(30)24(10-11-24)18-8-9-21(26-16-18)27-13-4-1-5-14-27/h2-3,6-9,16H,1,4-5,10-15,17H2. The van der Waals surface area contributed by atoms with Gasteiger partial charge in [-0.2, -0.15) is 0 Å². The van der Waals surface area contributed by atoms with E-state index in [1.165, 1.54) is 19.3 Å². The second-order valence-electron chi connectivity index (χ2n) is 9.44. The fourth-order valence-electron chi connectivity index (χ4n) is 5.64.